The van der Waals surface area contributed by atoms with Crippen LogP contribution in [0.3, 0.4) is 0 Å². The molecule has 0 aliphatic carbocycles. The third-order valence-electron chi connectivity index (χ3n) is 2.33. The third-order valence-corrected chi connectivity index (χ3v) is 2.33. The predicted octanol–water partition coefficient (Wildman–Crippen LogP) is 2.28. The van der Waals surface area contributed by atoms with Gasteiger partial charge in [-0.15, -0.1) is 0 Å². The van der Waals surface area contributed by atoms with Gasteiger partial charge in [0.05, 0.1) is 5.56 Å². The molecular weight excluding hydrogens is 223 g/mol. The molecule has 5 heteroatoms. The SMILES string of the molecule is N#Cc1cc2[nH]cc(/C=C/C(=O)O)c2cc1F. The molecular formula is C12H7FN2O2. The van der Waals surface area contributed by atoms with E-state index in [9.17, 15) is 9.18 Å². The summed E-state index contributed by atoms with van der Waals surface area (Å²) in [5, 5.41) is 17.7. The molecule has 0 fully saturated rings. The van der Waals surface area contributed by atoms with Gasteiger partial charge in [0, 0.05) is 28.7 Å². The van der Waals surface area contributed by atoms with Gasteiger partial charge in [-0.2, -0.15) is 5.26 Å². The van der Waals surface area contributed by atoms with E-state index in [1.807, 2.05) is 0 Å². The lowest BCUT2D eigenvalue weighted by Gasteiger charge is -1.95. The molecule has 1 heterocycles. The Labute approximate surface area is 95.6 Å². The molecule has 0 radical (unpaired) electrons. The molecule has 0 saturated carbocycles. The second-order valence-electron chi connectivity index (χ2n) is 3.41. The van der Waals surface area contributed by atoms with E-state index in [2.05, 4.69) is 4.98 Å². The zero-order chi connectivity index (χ0) is 12.4. The molecule has 0 spiro atoms. The van der Waals surface area contributed by atoms with Crippen LogP contribution in [0.2, 0.25) is 0 Å². The van der Waals surface area contributed by atoms with E-state index in [4.69, 9.17) is 10.4 Å². The number of nitriles is 1. The maximum atomic E-state index is 13.4. The first kappa shape index (κ1) is 10.9. The zero-order valence-corrected chi connectivity index (χ0v) is 8.57. The molecule has 0 atom stereocenters. The van der Waals surface area contributed by atoms with Crippen molar-refractivity contribution in [1.29, 1.82) is 5.26 Å². The summed E-state index contributed by atoms with van der Waals surface area (Å²) in [5.74, 6) is -1.70. The fraction of sp³-hybridized carbons (Fsp3) is 0. The molecule has 4 nitrogen and oxygen atoms in total. The number of halogens is 1. The molecule has 2 aromatic rings. The molecule has 0 amide bonds. The monoisotopic (exact) mass is 230 g/mol. The van der Waals surface area contributed by atoms with Crippen molar-refractivity contribution in [3.05, 3.63) is 41.3 Å². The lowest BCUT2D eigenvalue weighted by atomic mass is 10.1. The van der Waals surface area contributed by atoms with Gasteiger partial charge in [0.2, 0.25) is 0 Å². The average molecular weight is 230 g/mol. The number of rotatable bonds is 2. The van der Waals surface area contributed by atoms with E-state index in [0.717, 1.165) is 6.08 Å². The van der Waals surface area contributed by atoms with Gasteiger partial charge in [-0.05, 0) is 18.2 Å². The summed E-state index contributed by atoms with van der Waals surface area (Å²) in [6, 6.07) is 4.35. The van der Waals surface area contributed by atoms with Crippen LogP contribution in [0, 0.1) is 17.1 Å². The smallest absolute Gasteiger partial charge is 0.328 e. The van der Waals surface area contributed by atoms with Gasteiger partial charge >= 0.3 is 5.97 Å². The summed E-state index contributed by atoms with van der Waals surface area (Å²) in [5.41, 5.74) is 1.10. The van der Waals surface area contributed by atoms with Crippen molar-refractivity contribution < 1.29 is 14.3 Å². The normalized spacial score (nSPS) is 10.8. The number of carboxylic acid groups (broad SMARTS) is 1. The molecule has 0 saturated heterocycles. The van der Waals surface area contributed by atoms with Crippen LogP contribution in [-0.4, -0.2) is 16.1 Å². The number of aromatic amines is 1. The van der Waals surface area contributed by atoms with E-state index in [0.29, 0.717) is 16.5 Å². The molecule has 1 aromatic heterocycles. The van der Waals surface area contributed by atoms with Crippen LogP contribution in [0.5, 0.6) is 0 Å². The molecule has 2 rings (SSSR count). The zero-order valence-electron chi connectivity index (χ0n) is 8.57. The van der Waals surface area contributed by atoms with Crippen molar-refractivity contribution >= 4 is 22.9 Å². The fourth-order valence-corrected chi connectivity index (χ4v) is 1.55. The summed E-state index contributed by atoms with van der Waals surface area (Å²) >= 11 is 0. The lowest BCUT2D eigenvalue weighted by molar-refractivity contribution is -0.131. The number of hydrogen-bond acceptors (Lipinski definition) is 2. The molecule has 17 heavy (non-hydrogen) atoms. The standard InChI is InChI=1S/C12H7FN2O2/c13-10-4-9-7(1-2-12(16)17)6-15-11(9)3-8(10)5-14/h1-4,6,15H,(H,16,17)/b2-1+. The van der Waals surface area contributed by atoms with Crippen LogP contribution in [0.25, 0.3) is 17.0 Å². The highest BCUT2D eigenvalue weighted by Crippen LogP contribution is 2.22. The van der Waals surface area contributed by atoms with Gasteiger partial charge in [-0.1, -0.05) is 0 Å². The number of aromatic nitrogens is 1. The van der Waals surface area contributed by atoms with E-state index in [-0.39, 0.29) is 5.56 Å². The van der Waals surface area contributed by atoms with Gasteiger partial charge in [0.15, 0.2) is 0 Å². The first-order valence-electron chi connectivity index (χ1n) is 4.73. The van der Waals surface area contributed by atoms with Gasteiger partial charge in [-0.3, -0.25) is 0 Å². The summed E-state index contributed by atoms with van der Waals surface area (Å²) in [7, 11) is 0. The highest BCUT2D eigenvalue weighted by molar-refractivity contribution is 5.93. The van der Waals surface area contributed by atoms with Crippen LogP contribution in [-0.2, 0) is 4.79 Å². The number of benzene rings is 1. The molecule has 1 aromatic carbocycles. The summed E-state index contributed by atoms with van der Waals surface area (Å²) in [6.45, 7) is 0. The van der Waals surface area contributed by atoms with Crippen LogP contribution in [0.1, 0.15) is 11.1 Å². The topological polar surface area (TPSA) is 76.9 Å². The Morgan fingerprint density at radius 2 is 2.29 bits per heavy atom. The third kappa shape index (κ3) is 2.01. The average Bonchev–Trinajstić information content (AvgIpc) is 2.67. The second-order valence-corrected chi connectivity index (χ2v) is 3.41. The van der Waals surface area contributed by atoms with Crippen molar-refractivity contribution in [2.24, 2.45) is 0 Å². The van der Waals surface area contributed by atoms with Gasteiger partial charge in [0.25, 0.3) is 0 Å². The van der Waals surface area contributed by atoms with Gasteiger partial charge in [-0.25, -0.2) is 9.18 Å². The highest BCUT2D eigenvalue weighted by atomic mass is 19.1. The van der Waals surface area contributed by atoms with Gasteiger partial charge < -0.3 is 10.1 Å². The van der Waals surface area contributed by atoms with Crippen LogP contribution < -0.4 is 0 Å². The van der Waals surface area contributed by atoms with Crippen molar-refractivity contribution in [2.45, 2.75) is 0 Å². The Hall–Kier alpha value is -2.61. The Kier molecular flexibility index (Phi) is 2.63. The second kappa shape index (κ2) is 4.10. The summed E-state index contributed by atoms with van der Waals surface area (Å²) in [6.07, 6.45) is 3.90. The Bertz CT molecular complexity index is 665. The van der Waals surface area contributed by atoms with E-state index in [1.165, 1.54) is 18.2 Å². The fourth-order valence-electron chi connectivity index (χ4n) is 1.55. The van der Waals surface area contributed by atoms with Crippen molar-refractivity contribution in [3.8, 4) is 6.07 Å². The highest BCUT2D eigenvalue weighted by Gasteiger charge is 2.07. The molecule has 0 unspecified atom stereocenters. The number of fused-ring (bicyclic) bond motifs is 1. The summed E-state index contributed by atoms with van der Waals surface area (Å²) < 4.78 is 13.4. The summed E-state index contributed by atoms with van der Waals surface area (Å²) in [4.78, 5) is 13.2. The van der Waals surface area contributed by atoms with Gasteiger partial charge in [0.1, 0.15) is 11.9 Å². The quantitative estimate of drug-likeness (QED) is 0.777. The van der Waals surface area contributed by atoms with Crippen molar-refractivity contribution in [1.82, 2.24) is 4.98 Å². The first-order valence-corrected chi connectivity index (χ1v) is 4.73. The van der Waals surface area contributed by atoms with Crippen LogP contribution >= 0.6 is 0 Å². The maximum Gasteiger partial charge on any atom is 0.328 e. The molecule has 0 aliphatic rings. The molecule has 2 N–H and O–H groups in total. The van der Waals surface area contributed by atoms with Crippen LogP contribution in [0.15, 0.2) is 24.4 Å². The molecule has 0 aliphatic heterocycles. The number of aliphatic carboxylic acids is 1. The maximum absolute atomic E-state index is 13.4. The number of H-pyrrole nitrogens is 1. The number of carboxylic acids is 1. The first-order chi connectivity index (χ1) is 8.11. The minimum Gasteiger partial charge on any atom is -0.478 e. The van der Waals surface area contributed by atoms with E-state index in [1.54, 1.807) is 12.3 Å². The van der Waals surface area contributed by atoms with E-state index < -0.39 is 11.8 Å². The van der Waals surface area contributed by atoms with Crippen molar-refractivity contribution in [2.75, 3.05) is 0 Å². The van der Waals surface area contributed by atoms with Crippen molar-refractivity contribution in [3.63, 3.8) is 0 Å². The largest absolute Gasteiger partial charge is 0.478 e. The predicted molar refractivity (Wildman–Crippen MR) is 59.6 cm³/mol. The minimum absolute atomic E-state index is 0.0480. The van der Waals surface area contributed by atoms with E-state index >= 15 is 0 Å². The minimum atomic E-state index is -1.08. The number of carbonyl (C=O) groups is 1. The number of nitrogens with zero attached hydrogens (tertiary/aromatic N) is 1. The molecule has 0 bridgehead atoms. The lowest BCUT2D eigenvalue weighted by Crippen LogP contribution is -1.86. The van der Waals surface area contributed by atoms with Crippen LogP contribution in [0.4, 0.5) is 4.39 Å². The Morgan fingerprint density at radius 3 is 2.94 bits per heavy atom. The Balaban J connectivity index is 2.59. The number of hydrogen-bond donors (Lipinski definition) is 2. The number of nitrogens with one attached hydrogen (secondary N) is 1. The molecule has 84 valence electrons. The Morgan fingerprint density at radius 1 is 1.53 bits per heavy atom.